The van der Waals surface area contributed by atoms with Gasteiger partial charge in [-0.15, -0.1) is 0 Å². The summed E-state index contributed by atoms with van der Waals surface area (Å²) >= 11 is 0. The Morgan fingerprint density at radius 2 is 1.88 bits per heavy atom. The molecule has 3 rings (SSSR count). The first-order valence-electron chi connectivity index (χ1n) is 6.67. The number of fused-ring (bicyclic) bond motifs is 2. The van der Waals surface area contributed by atoms with Gasteiger partial charge in [-0.3, -0.25) is 0 Å². The van der Waals surface area contributed by atoms with Gasteiger partial charge in [0.25, 0.3) is 0 Å². The Balaban J connectivity index is 1.76. The summed E-state index contributed by atoms with van der Waals surface area (Å²) in [6.07, 6.45) is 6.97. The standard InChI is InChI=1S/C15H20O2/c16-9-10-17-14-3-1-13(2-4-14)15-7-5-12(11-15)6-8-15/h1-4,12,16H,5-11H2. The number of aliphatic hydroxyl groups is 1. The maximum Gasteiger partial charge on any atom is 0.119 e. The highest BCUT2D eigenvalue weighted by molar-refractivity contribution is 5.34. The van der Waals surface area contributed by atoms with Crippen LogP contribution < -0.4 is 4.74 Å². The molecule has 2 heteroatoms. The Morgan fingerprint density at radius 3 is 2.41 bits per heavy atom. The van der Waals surface area contributed by atoms with Gasteiger partial charge < -0.3 is 9.84 Å². The number of ether oxygens (including phenoxy) is 1. The Kier molecular flexibility index (Phi) is 2.83. The van der Waals surface area contributed by atoms with Crippen LogP contribution in [0.4, 0.5) is 0 Å². The van der Waals surface area contributed by atoms with Crippen LogP contribution in [0.2, 0.25) is 0 Å². The number of benzene rings is 1. The predicted molar refractivity (Wildman–Crippen MR) is 67.3 cm³/mol. The van der Waals surface area contributed by atoms with Crippen molar-refractivity contribution in [3.63, 3.8) is 0 Å². The molecule has 1 aromatic rings. The van der Waals surface area contributed by atoms with Crippen LogP contribution in [-0.4, -0.2) is 18.3 Å². The van der Waals surface area contributed by atoms with Gasteiger partial charge in [0.2, 0.25) is 0 Å². The second-order valence-corrected chi connectivity index (χ2v) is 5.52. The van der Waals surface area contributed by atoms with E-state index in [0.717, 1.165) is 11.7 Å². The van der Waals surface area contributed by atoms with Gasteiger partial charge in [0.05, 0.1) is 6.61 Å². The SMILES string of the molecule is OCCOc1ccc(C23CCC(CC2)C3)cc1. The molecule has 1 aromatic carbocycles. The van der Waals surface area contributed by atoms with Gasteiger partial charge >= 0.3 is 0 Å². The molecule has 2 bridgehead atoms. The topological polar surface area (TPSA) is 29.5 Å². The fraction of sp³-hybridized carbons (Fsp3) is 0.600. The van der Waals surface area contributed by atoms with E-state index >= 15 is 0 Å². The highest BCUT2D eigenvalue weighted by atomic mass is 16.5. The molecule has 1 N–H and O–H groups in total. The van der Waals surface area contributed by atoms with Gasteiger partial charge in [-0.25, -0.2) is 0 Å². The molecule has 0 aliphatic heterocycles. The zero-order valence-corrected chi connectivity index (χ0v) is 10.2. The maximum absolute atomic E-state index is 8.71. The van der Waals surface area contributed by atoms with Crippen molar-refractivity contribution in [2.45, 2.75) is 37.5 Å². The zero-order chi connectivity index (χ0) is 11.7. The van der Waals surface area contributed by atoms with Crippen LogP contribution in [0.15, 0.2) is 24.3 Å². The minimum Gasteiger partial charge on any atom is -0.491 e. The first-order chi connectivity index (χ1) is 8.32. The van der Waals surface area contributed by atoms with Crippen molar-refractivity contribution in [3.8, 4) is 5.75 Å². The number of hydrogen-bond acceptors (Lipinski definition) is 2. The summed E-state index contributed by atoms with van der Waals surface area (Å²) in [5, 5.41) is 8.71. The molecule has 0 atom stereocenters. The molecule has 0 radical (unpaired) electrons. The average molecular weight is 232 g/mol. The lowest BCUT2D eigenvalue weighted by molar-refractivity contribution is 0.201. The molecule has 0 aromatic heterocycles. The van der Waals surface area contributed by atoms with E-state index in [-0.39, 0.29) is 6.61 Å². The van der Waals surface area contributed by atoms with Gasteiger partial charge in [0, 0.05) is 0 Å². The highest BCUT2D eigenvalue weighted by Gasteiger charge is 2.45. The van der Waals surface area contributed by atoms with Crippen molar-refractivity contribution < 1.29 is 9.84 Å². The van der Waals surface area contributed by atoms with E-state index in [1.165, 1.54) is 37.7 Å². The minimum atomic E-state index is 0.0768. The van der Waals surface area contributed by atoms with Crippen LogP contribution >= 0.6 is 0 Å². The quantitative estimate of drug-likeness (QED) is 0.865. The van der Waals surface area contributed by atoms with Crippen molar-refractivity contribution >= 4 is 0 Å². The maximum atomic E-state index is 8.71. The summed E-state index contributed by atoms with van der Waals surface area (Å²) < 4.78 is 5.40. The molecular formula is C15H20O2. The molecule has 0 amide bonds. The number of hydrogen-bond donors (Lipinski definition) is 1. The van der Waals surface area contributed by atoms with E-state index in [9.17, 15) is 0 Å². The molecule has 2 fully saturated rings. The normalized spacial score (nSPS) is 30.8. The molecule has 0 spiro atoms. The number of rotatable bonds is 4. The van der Waals surface area contributed by atoms with E-state index < -0.39 is 0 Å². The fourth-order valence-electron chi connectivity index (χ4n) is 3.67. The lowest BCUT2D eigenvalue weighted by Crippen LogP contribution is -2.19. The second-order valence-electron chi connectivity index (χ2n) is 5.52. The number of aliphatic hydroxyl groups excluding tert-OH is 1. The first-order valence-corrected chi connectivity index (χ1v) is 6.67. The van der Waals surface area contributed by atoms with E-state index in [4.69, 9.17) is 9.84 Å². The van der Waals surface area contributed by atoms with E-state index in [1.54, 1.807) is 0 Å². The van der Waals surface area contributed by atoms with Crippen molar-refractivity contribution in [2.75, 3.05) is 13.2 Å². The van der Waals surface area contributed by atoms with Crippen LogP contribution in [0.1, 0.15) is 37.7 Å². The molecule has 0 heterocycles. The van der Waals surface area contributed by atoms with Crippen LogP contribution in [0.5, 0.6) is 5.75 Å². The Labute approximate surface area is 103 Å². The van der Waals surface area contributed by atoms with Gasteiger partial charge in [-0.1, -0.05) is 12.1 Å². The van der Waals surface area contributed by atoms with Crippen LogP contribution in [0, 0.1) is 5.92 Å². The van der Waals surface area contributed by atoms with Gasteiger partial charge in [0.1, 0.15) is 12.4 Å². The van der Waals surface area contributed by atoms with Crippen molar-refractivity contribution in [1.29, 1.82) is 0 Å². The van der Waals surface area contributed by atoms with E-state index in [2.05, 4.69) is 12.1 Å². The minimum absolute atomic E-state index is 0.0768. The summed E-state index contributed by atoms with van der Waals surface area (Å²) in [5.41, 5.74) is 1.98. The summed E-state index contributed by atoms with van der Waals surface area (Å²) in [6.45, 7) is 0.458. The highest BCUT2D eigenvalue weighted by Crippen LogP contribution is 2.55. The Bertz CT molecular complexity index is 374. The summed E-state index contributed by atoms with van der Waals surface area (Å²) in [7, 11) is 0. The predicted octanol–water partition coefficient (Wildman–Crippen LogP) is 2.89. The largest absolute Gasteiger partial charge is 0.491 e. The van der Waals surface area contributed by atoms with Crippen molar-refractivity contribution in [3.05, 3.63) is 29.8 Å². The third-order valence-corrected chi connectivity index (χ3v) is 4.57. The third-order valence-electron chi connectivity index (χ3n) is 4.57. The molecule has 17 heavy (non-hydrogen) atoms. The summed E-state index contributed by atoms with van der Waals surface area (Å²) in [4.78, 5) is 0. The Morgan fingerprint density at radius 1 is 1.18 bits per heavy atom. The average Bonchev–Trinajstić information content (AvgIpc) is 2.98. The molecule has 92 valence electrons. The van der Waals surface area contributed by atoms with E-state index in [1.807, 2.05) is 12.1 Å². The molecule has 2 aliphatic rings. The second kappa shape index (κ2) is 4.34. The summed E-state index contributed by atoms with van der Waals surface area (Å²) in [5.74, 6) is 1.85. The van der Waals surface area contributed by atoms with Gasteiger partial charge in [-0.05, 0) is 61.1 Å². The van der Waals surface area contributed by atoms with Crippen LogP contribution in [0.25, 0.3) is 0 Å². The molecule has 0 unspecified atom stereocenters. The van der Waals surface area contributed by atoms with E-state index in [0.29, 0.717) is 12.0 Å². The van der Waals surface area contributed by atoms with Crippen LogP contribution in [0.3, 0.4) is 0 Å². The molecule has 2 saturated carbocycles. The lowest BCUT2D eigenvalue weighted by atomic mass is 9.78. The molecule has 0 saturated heterocycles. The summed E-state index contributed by atoms with van der Waals surface area (Å²) in [6, 6.07) is 8.54. The van der Waals surface area contributed by atoms with Crippen molar-refractivity contribution in [2.24, 2.45) is 5.92 Å². The van der Waals surface area contributed by atoms with Crippen molar-refractivity contribution in [1.82, 2.24) is 0 Å². The molecule has 2 aliphatic carbocycles. The van der Waals surface area contributed by atoms with Gasteiger partial charge in [-0.2, -0.15) is 0 Å². The first kappa shape index (κ1) is 11.1. The monoisotopic (exact) mass is 232 g/mol. The van der Waals surface area contributed by atoms with Gasteiger partial charge in [0.15, 0.2) is 0 Å². The molecule has 2 nitrogen and oxygen atoms in total. The lowest BCUT2D eigenvalue weighted by Gasteiger charge is -2.27. The zero-order valence-electron chi connectivity index (χ0n) is 10.2. The van der Waals surface area contributed by atoms with Crippen LogP contribution in [-0.2, 0) is 5.41 Å². The third kappa shape index (κ3) is 1.95. The fourth-order valence-corrected chi connectivity index (χ4v) is 3.67. The molecular weight excluding hydrogens is 212 g/mol. The smallest absolute Gasteiger partial charge is 0.119 e. The Hall–Kier alpha value is -1.02.